The van der Waals surface area contributed by atoms with E-state index < -0.39 is 11.5 Å². The highest BCUT2D eigenvalue weighted by atomic mass is 16.5. The first-order valence-electron chi connectivity index (χ1n) is 8.46. The van der Waals surface area contributed by atoms with Gasteiger partial charge in [0.1, 0.15) is 6.61 Å². The molecule has 5 heteroatoms. The van der Waals surface area contributed by atoms with Crippen LogP contribution in [0.2, 0.25) is 0 Å². The van der Waals surface area contributed by atoms with Gasteiger partial charge in [0.2, 0.25) is 6.41 Å². The van der Waals surface area contributed by atoms with Crippen molar-refractivity contribution in [3.8, 4) is 0 Å². The van der Waals surface area contributed by atoms with Gasteiger partial charge in [0.05, 0.1) is 12.9 Å². The third-order valence-electron chi connectivity index (χ3n) is 3.82. The van der Waals surface area contributed by atoms with E-state index in [1.807, 2.05) is 60.7 Å². The van der Waals surface area contributed by atoms with Crippen LogP contribution in [-0.2, 0) is 32.1 Å². The van der Waals surface area contributed by atoms with Crippen molar-refractivity contribution in [1.29, 1.82) is 0 Å². The molecule has 0 aliphatic heterocycles. The molecule has 1 amide bonds. The van der Waals surface area contributed by atoms with E-state index in [9.17, 15) is 9.59 Å². The number of esters is 1. The zero-order chi connectivity index (χ0) is 18.7. The molecule has 2 aromatic carbocycles. The van der Waals surface area contributed by atoms with Gasteiger partial charge in [-0.1, -0.05) is 60.7 Å². The first kappa shape index (κ1) is 19.2. The zero-order valence-electron chi connectivity index (χ0n) is 14.8. The zero-order valence-corrected chi connectivity index (χ0v) is 14.8. The number of ether oxygens (including phenoxy) is 2. The first-order chi connectivity index (χ1) is 12.7. The Hall–Kier alpha value is -3.08. The van der Waals surface area contributed by atoms with Crippen LogP contribution in [0.25, 0.3) is 0 Å². The van der Waals surface area contributed by atoms with Crippen molar-refractivity contribution in [2.75, 3.05) is 6.61 Å². The second-order valence-electron chi connectivity index (χ2n) is 5.72. The number of hydrogen-bond donors (Lipinski definition) is 1. The van der Waals surface area contributed by atoms with Crippen LogP contribution < -0.4 is 5.32 Å². The van der Waals surface area contributed by atoms with Crippen LogP contribution in [0.3, 0.4) is 0 Å². The summed E-state index contributed by atoms with van der Waals surface area (Å²) in [6, 6.07) is 19.1. The summed E-state index contributed by atoms with van der Waals surface area (Å²) in [5, 5.41) is 2.61. The molecule has 2 aromatic rings. The average Bonchev–Trinajstić information content (AvgIpc) is 2.67. The van der Waals surface area contributed by atoms with Crippen molar-refractivity contribution in [1.82, 2.24) is 5.32 Å². The standard InChI is InChI=1S/C21H23NO4/c1-2-26-20(24)21(22-17-23,15-18-9-5-3-6-10-18)13-14-25-16-19-11-7-4-8-12-19/h3-14,17H,2,15-16H2,1H3,(H,22,23)/b14-13+. The minimum absolute atomic E-state index is 0.217. The minimum atomic E-state index is -1.32. The van der Waals surface area contributed by atoms with Gasteiger partial charge in [0.25, 0.3) is 0 Å². The van der Waals surface area contributed by atoms with E-state index >= 15 is 0 Å². The molecule has 0 bridgehead atoms. The Morgan fingerprint density at radius 1 is 1.04 bits per heavy atom. The molecular formula is C21H23NO4. The van der Waals surface area contributed by atoms with E-state index in [0.717, 1.165) is 11.1 Å². The molecule has 2 rings (SSSR count). The van der Waals surface area contributed by atoms with Crippen molar-refractivity contribution in [2.45, 2.75) is 25.5 Å². The van der Waals surface area contributed by atoms with Crippen LogP contribution in [0.5, 0.6) is 0 Å². The summed E-state index contributed by atoms with van der Waals surface area (Å²) in [5.41, 5.74) is 0.573. The summed E-state index contributed by atoms with van der Waals surface area (Å²) >= 11 is 0. The molecule has 0 spiro atoms. The fourth-order valence-corrected chi connectivity index (χ4v) is 2.52. The Balaban J connectivity index is 2.18. The SMILES string of the molecule is CCOC(=O)C(/C=C/OCc1ccccc1)(Cc1ccccc1)NC=O. The highest BCUT2D eigenvalue weighted by Gasteiger charge is 2.37. The van der Waals surface area contributed by atoms with E-state index in [1.54, 1.807) is 6.92 Å². The Kier molecular flexibility index (Phi) is 7.43. The molecule has 0 aliphatic rings. The van der Waals surface area contributed by atoms with Crippen LogP contribution >= 0.6 is 0 Å². The number of benzene rings is 2. The van der Waals surface area contributed by atoms with E-state index in [-0.39, 0.29) is 13.0 Å². The van der Waals surface area contributed by atoms with Gasteiger partial charge in [0, 0.05) is 6.42 Å². The van der Waals surface area contributed by atoms with E-state index in [1.165, 1.54) is 12.3 Å². The van der Waals surface area contributed by atoms with Crippen molar-refractivity contribution in [3.63, 3.8) is 0 Å². The van der Waals surface area contributed by atoms with Crippen LogP contribution in [0.1, 0.15) is 18.1 Å². The van der Waals surface area contributed by atoms with Gasteiger partial charge in [-0.15, -0.1) is 0 Å². The average molecular weight is 353 g/mol. The predicted octanol–water partition coefficient (Wildman–Crippen LogP) is 3.01. The Morgan fingerprint density at radius 3 is 2.23 bits per heavy atom. The lowest BCUT2D eigenvalue weighted by molar-refractivity contribution is -0.150. The second kappa shape index (κ2) is 10.0. The van der Waals surface area contributed by atoms with Crippen LogP contribution in [0.15, 0.2) is 73.0 Å². The third-order valence-corrected chi connectivity index (χ3v) is 3.82. The van der Waals surface area contributed by atoms with Crippen molar-refractivity contribution in [3.05, 3.63) is 84.1 Å². The highest BCUT2D eigenvalue weighted by Crippen LogP contribution is 2.18. The lowest BCUT2D eigenvalue weighted by Gasteiger charge is -2.27. The normalized spacial score (nSPS) is 13.0. The maximum absolute atomic E-state index is 12.6. The van der Waals surface area contributed by atoms with Crippen LogP contribution in [0.4, 0.5) is 0 Å². The van der Waals surface area contributed by atoms with Crippen molar-refractivity contribution < 1.29 is 19.1 Å². The van der Waals surface area contributed by atoms with Crippen LogP contribution in [0, 0.1) is 0 Å². The Morgan fingerprint density at radius 2 is 1.65 bits per heavy atom. The summed E-state index contributed by atoms with van der Waals surface area (Å²) in [6.07, 6.45) is 3.73. The molecule has 1 N–H and O–H groups in total. The molecular weight excluding hydrogens is 330 g/mol. The molecule has 1 atom stereocenters. The molecule has 0 saturated heterocycles. The van der Waals surface area contributed by atoms with Gasteiger partial charge in [-0.05, 0) is 24.1 Å². The number of hydrogen-bond acceptors (Lipinski definition) is 4. The summed E-state index contributed by atoms with van der Waals surface area (Å²) in [5.74, 6) is -0.532. The second-order valence-corrected chi connectivity index (χ2v) is 5.72. The monoisotopic (exact) mass is 353 g/mol. The quantitative estimate of drug-likeness (QED) is 0.405. The lowest BCUT2D eigenvalue weighted by Crippen LogP contribution is -2.52. The van der Waals surface area contributed by atoms with Crippen LogP contribution in [-0.4, -0.2) is 24.5 Å². The van der Waals surface area contributed by atoms with Crippen molar-refractivity contribution in [2.24, 2.45) is 0 Å². The summed E-state index contributed by atoms with van der Waals surface area (Å²) < 4.78 is 10.7. The van der Waals surface area contributed by atoms with E-state index in [4.69, 9.17) is 9.47 Å². The molecule has 0 fully saturated rings. The third kappa shape index (κ3) is 5.48. The fraction of sp³-hybridized carbons (Fsp3) is 0.238. The van der Waals surface area contributed by atoms with Gasteiger partial charge in [-0.3, -0.25) is 4.79 Å². The smallest absolute Gasteiger partial charge is 0.336 e. The van der Waals surface area contributed by atoms with Gasteiger partial charge in [-0.25, -0.2) is 4.79 Å². The lowest BCUT2D eigenvalue weighted by atomic mass is 9.90. The molecule has 0 aromatic heterocycles. The molecule has 0 aliphatic carbocycles. The number of amides is 1. The van der Waals surface area contributed by atoms with Gasteiger partial charge >= 0.3 is 5.97 Å². The highest BCUT2D eigenvalue weighted by molar-refractivity contribution is 5.86. The number of carbonyl (C=O) groups is 2. The molecule has 0 saturated carbocycles. The molecule has 136 valence electrons. The largest absolute Gasteiger partial charge is 0.497 e. The number of carbonyl (C=O) groups excluding carboxylic acids is 2. The van der Waals surface area contributed by atoms with Gasteiger partial charge in [-0.2, -0.15) is 0 Å². The fourth-order valence-electron chi connectivity index (χ4n) is 2.52. The Labute approximate surface area is 153 Å². The van der Waals surface area contributed by atoms with E-state index in [0.29, 0.717) is 13.0 Å². The van der Waals surface area contributed by atoms with Gasteiger partial charge in [0.15, 0.2) is 5.54 Å². The molecule has 0 heterocycles. The maximum Gasteiger partial charge on any atom is 0.336 e. The predicted molar refractivity (Wildman–Crippen MR) is 99.1 cm³/mol. The maximum atomic E-state index is 12.6. The first-order valence-corrected chi connectivity index (χ1v) is 8.46. The molecule has 26 heavy (non-hydrogen) atoms. The summed E-state index contributed by atoms with van der Waals surface area (Å²) in [4.78, 5) is 23.8. The molecule has 0 radical (unpaired) electrons. The van der Waals surface area contributed by atoms with Gasteiger partial charge < -0.3 is 14.8 Å². The minimum Gasteiger partial charge on any atom is -0.497 e. The number of rotatable bonds is 10. The Bertz CT molecular complexity index is 715. The summed E-state index contributed by atoms with van der Waals surface area (Å²) in [6.45, 7) is 2.30. The summed E-state index contributed by atoms with van der Waals surface area (Å²) in [7, 11) is 0. The topological polar surface area (TPSA) is 64.6 Å². The van der Waals surface area contributed by atoms with E-state index in [2.05, 4.69) is 5.32 Å². The number of nitrogens with one attached hydrogen (secondary N) is 1. The molecule has 1 unspecified atom stereocenters. The van der Waals surface area contributed by atoms with Crippen molar-refractivity contribution >= 4 is 12.4 Å². The molecule has 5 nitrogen and oxygen atoms in total.